The summed E-state index contributed by atoms with van der Waals surface area (Å²) in [5.74, 6) is 1.04. The first-order valence-electron chi connectivity index (χ1n) is 8.60. The van der Waals surface area contributed by atoms with Gasteiger partial charge in [0.25, 0.3) is 11.8 Å². The fourth-order valence-electron chi connectivity index (χ4n) is 3.32. The number of methoxy groups -OCH3 is 1. The Hall–Kier alpha value is -2.86. The zero-order valence-corrected chi connectivity index (χ0v) is 14.4. The van der Waals surface area contributed by atoms with Crippen molar-refractivity contribution in [1.29, 1.82) is 0 Å². The number of benzene rings is 2. The smallest absolute Gasteiger partial charge is 0.261 e. The normalized spacial score (nSPS) is 19.0. The molecule has 0 saturated carbocycles. The van der Waals surface area contributed by atoms with Crippen LogP contribution in [0.4, 0.5) is 0 Å². The summed E-state index contributed by atoms with van der Waals surface area (Å²) >= 11 is 0. The highest BCUT2D eigenvalue weighted by Gasteiger charge is 2.37. The van der Waals surface area contributed by atoms with Crippen LogP contribution in [0, 0.1) is 0 Å². The number of hydrogen-bond acceptors (Lipinski definition) is 5. The standard InChI is InChI=1S/C20H19NO5/c1-24-17-6-2-3-7-18(17)26-13-8-9-15-16(11-13)20(23)21(19(15)22)12-14-5-4-10-25-14/h2-3,6-9,11,14H,4-5,10,12H2,1H3/t14-/m0/s1. The monoisotopic (exact) mass is 353 g/mol. The summed E-state index contributed by atoms with van der Waals surface area (Å²) in [5, 5.41) is 0. The van der Waals surface area contributed by atoms with Crippen LogP contribution in [0.3, 0.4) is 0 Å². The van der Waals surface area contributed by atoms with Gasteiger partial charge in [-0.05, 0) is 43.2 Å². The van der Waals surface area contributed by atoms with Crippen molar-refractivity contribution >= 4 is 11.8 Å². The molecule has 2 aliphatic rings. The van der Waals surface area contributed by atoms with E-state index in [4.69, 9.17) is 14.2 Å². The van der Waals surface area contributed by atoms with Crippen molar-refractivity contribution in [1.82, 2.24) is 4.90 Å². The molecular formula is C20H19NO5. The summed E-state index contributed by atoms with van der Waals surface area (Å²) in [5.41, 5.74) is 0.765. The molecule has 0 bridgehead atoms. The number of para-hydroxylation sites is 2. The minimum atomic E-state index is -0.300. The Morgan fingerprint density at radius 1 is 1.08 bits per heavy atom. The Morgan fingerprint density at radius 2 is 1.85 bits per heavy atom. The number of hydrogen-bond donors (Lipinski definition) is 0. The Balaban J connectivity index is 1.57. The third-order valence-electron chi connectivity index (χ3n) is 4.65. The second-order valence-corrected chi connectivity index (χ2v) is 6.32. The van der Waals surface area contributed by atoms with Crippen LogP contribution in [-0.2, 0) is 4.74 Å². The first-order chi connectivity index (χ1) is 12.7. The number of imide groups is 1. The highest BCUT2D eigenvalue weighted by atomic mass is 16.5. The van der Waals surface area contributed by atoms with Gasteiger partial charge in [-0.25, -0.2) is 0 Å². The molecule has 2 aromatic carbocycles. The van der Waals surface area contributed by atoms with Crippen LogP contribution in [0.2, 0.25) is 0 Å². The molecule has 1 saturated heterocycles. The Morgan fingerprint density at radius 3 is 2.58 bits per heavy atom. The number of carbonyl (C=O) groups excluding carboxylic acids is 2. The Bertz CT molecular complexity index is 857. The Kier molecular flexibility index (Phi) is 4.34. The molecule has 2 amide bonds. The maximum atomic E-state index is 12.7. The molecule has 1 fully saturated rings. The molecule has 2 aromatic rings. The van der Waals surface area contributed by atoms with Crippen LogP contribution < -0.4 is 9.47 Å². The predicted molar refractivity (Wildman–Crippen MR) is 93.9 cm³/mol. The van der Waals surface area contributed by atoms with Crippen LogP contribution in [0.25, 0.3) is 0 Å². The van der Waals surface area contributed by atoms with E-state index in [9.17, 15) is 9.59 Å². The topological polar surface area (TPSA) is 65.1 Å². The maximum Gasteiger partial charge on any atom is 0.261 e. The predicted octanol–water partition coefficient (Wildman–Crippen LogP) is 3.26. The summed E-state index contributed by atoms with van der Waals surface area (Å²) in [6.45, 7) is 0.986. The lowest BCUT2D eigenvalue weighted by molar-refractivity contribution is 0.0475. The summed E-state index contributed by atoms with van der Waals surface area (Å²) in [6.07, 6.45) is 1.77. The number of carbonyl (C=O) groups is 2. The van der Waals surface area contributed by atoms with Gasteiger partial charge >= 0.3 is 0 Å². The molecule has 0 radical (unpaired) electrons. The van der Waals surface area contributed by atoms with E-state index in [0.29, 0.717) is 41.5 Å². The Labute approximate surface area is 151 Å². The largest absolute Gasteiger partial charge is 0.493 e. The molecule has 0 spiro atoms. The van der Waals surface area contributed by atoms with Crippen LogP contribution >= 0.6 is 0 Å². The molecule has 2 heterocycles. The fraction of sp³-hybridized carbons (Fsp3) is 0.300. The molecule has 2 aliphatic heterocycles. The van der Waals surface area contributed by atoms with Gasteiger partial charge in [0, 0.05) is 6.61 Å². The van der Waals surface area contributed by atoms with E-state index in [1.807, 2.05) is 12.1 Å². The van der Waals surface area contributed by atoms with E-state index < -0.39 is 0 Å². The minimum absolute atomic E-state index is 0.0680. The molecule has 1 atom stereocenters. The van der Waals surface area contributed by atoms with Crippen molar-refractivity contribution in [2.45, 2.75) is 18.9 Å². The van der Waals surface area contributed by atoms with Gasteiger partial charge in [0.2, 0.25) is 0 Å². The van der Waals surface area contributed by atoms with Crippen molar-refractivity contribution in [3.05, 3.63) is 53.6 Å². The average molecular weight is 353 g/mol. The van der Waals surface area contributed by atoms with Crippen molar-refractivity contribution in [3.63, 3.8) is 0 Å². The molecule has 0 aromatic heterocycles. The van der Waals surface area contributed by atoms with Crippen LogP contribution in [0.5, 0.6) is 17.2 Å². The second-order valence-electron chi connectivity index (χ2n) is 6.32. The maximum absolute atomic E-state index is 12.7. The molecule has 0 N–H and O–H groups in total. The van der Waals surface area contributed by atoms with Crippen LogP contribution in [0.15, 0.2) is 42.5 Å². The van der Waals surface area contributed by atoms with Gasteiger partial charge in [0.05, 0.1) is 30.9 Å². The number of nitrogens with zero attached hydrogens (tertiary/aromatic N) is 1. The summed E-state index contributed by atoms with van der Waals surface area (Å²) < 4.78 is 16.7. The van der Waals surface area contributed by atoms with Gasteiger partial charge in [0.1, 0.15) is 5.75 Å². The highest BCUT2D eigenvalue weighted by molar-refractivity contribution is 6.21. The SMILES string of the molecule is COc1ccccc1Oc1ccc2c(c1)C(=O)N(C[C@@H]1CCCO1)C2=O. The first-order valence-corrected chi connectivity index (χ1v) is 8.60. The van der Waals surface area contributed by atoms with Gasteiger partial charge in [-0.1, -0.05) is 12.1 Å². The average Bonchev–Trinajstić information content (AvgIpc) is 3.25. The molecule has 6 heteroatoms. The molecule has 0 aliphatic carbocycles. The van der Waals surface area contributed by atoms with Crippen molar-refractivity contribution in [3.8, 4) is 17.2 Å². The fourth-order valence-corrected chi connectivity index (χ4v) is 3.32. The lowest BCUT2D eigenvalue weighted by Crippen LogP contribution is -2.36. The zero-order valence-electron chi connectivity index (χ0n) is 14.4. The third-order valence-corrected chi connectivity index (χ3v) is 4.65. The van der Waals surface area contributed by atoms with E-state index in [2.05, 4.69) is 0 Å². The quantitative estimate of drug-likeness (QED) is 0.772. The zero-order chi connectivity index (χ0) is 18.1. The summed E-state index contributed by atoms with van der Waals surface area (Å²) in [4.78, 5) is 26.5. The second kappa shape index (κ2) is 6.80. The lowest BCUT2D eigenvalue weighted by atomic mass is 10.1. The lowest BCUT2D eigenvalue weighted by Gasteiger charge is -2.17. The van der Waals surface area contributed by atoms with Crippen LogP contribution in [0.1, 0.15) is 33.6 Å². The van der Waals surface area contributed by atoms with E-state index in [1.165, 1.54) is 4.90 Å². The van der Waals surface area contributed by atoms with Crippen molar-refractivity contribution < 1.29 is 23.8 Å². The molecule has 6 nitrogen and oxygen atoms in total. The number of ether oxygens (including phenoxy) is 3. The highest BCUT2D eigenvalue weighted by Crippen LogP contribution is 2.34. The van der Waals surface area contributed by atoms with Gasteiger partial charge in [-0.15, -0.1) is 0 Å². The molecule has 0 unspecified atom stereocenters. The van der Waals surface area contributed by atoms with E-state index >= 15 is 0 Å². The van der Waals surface area contributed by atoms with Crippen LogP contribution in [-0.4, -0.2) is 43.1 Å². The minimum Gasteiger partial charge on any atom is -0.493 e. The van der Waals surface area contributed by atoms with E-state index in [0.717, 1.165) is 12.8 Å². The first kappa shape index (κ1) is 16.6. The van der Waals surface area contributed by atoms with Gasteiger partial charge in [-0.3, -0.25) is 14.5 Å². The van der Waals surface area contributed by atoms with Gasteiger partial charge in [-0.2, -0.15) is 0 Å². The number of fused-ring (bicyclic) bond motifs is 1. The number of rotatable bonds is 5. The summed E-state index contributed by atoms with van der Waals surface area (Å²) in [6, 6.07) is 12.2. The molecule has 134 valence electrons. The van der Waals surface area contributed by atoms with Gasteiger partial charge in [0.15, 0.2) is 11.5 Å². The number of amides is 2. The van der Waals surface area contributed by atoms with E-state index in [1.54, 1.807) is 37.4 Å². The van der Waals surface area contributed by atoms with Crippen molar-refractivity contribution in [2.75, 3.05) is 20.3 Å². The van der Waals surface area contributed by atoms with Crippen molar-refractivity contribution in [2.24, 2.45) is 0 Å². The van der Waals surface area contributed by atoms with Gasteiger partial charge < -0.3 is 14.2 Å². The molecule has 26 heavy (non-hydrogen) atoms. The summed E-state index contributed by atoms with van der Waals surface area (Å²) in [7, 11) is 1.57. The van der Waals surface area contributed by atoms with E-state index in [-0.39, 0.29) is 17.9 Å². The third kappa shape index (κ3) is 2.93. The molecule has 4 rings (SSSR count). The molecular weight excluding hydrogens is 334 g/mol.